The minimum atomic E-state index is -0.492. The third kappa shape index (κ3) is 4.30. The maximum Gasteiger partial charge on any atom is 0.270 e. The van der Waals surface area contributed by atoms with Crippen molar-refractivity contribution >= 4 is 45.8 Å². The molecule has 2 amide bonds. The zero-order chi connectivity index (χ0) is 23.5. The van der Waals surface area contributed by atoms with Gasteiger partial charge in [-0.1, -0.05) is 30.3 Å². The number of nitrogens with one attached hydrogen (secondary N) is 2. The zero-order valence-corrected chi connectivity index (χ0v) is 17.7. The number of carbonyl (C=O) groups is 2. The van der Waals surface area contributed by atoms with Crippen LogP contribution in [0, 0.1) is 10.1 Å². The van der Waals surface area contributed by atoms with Crippen molar-refractivity contribution in [2.24, 2.45) is 5.73 Å². The van der Waals surface area contributed by atoms with Crippen LogP contribution in [0.1, 0.15) is 11.1 Å². The van der Waals surface area contributed by atoms with E-state index in [1.807, 2.05) is 30.3 Å². The molecule has 9 nitrogen and oxygen atoms in total. The number of nitrogens with zero attached hydrogens (tertiary/aromatic N) is 2. The number of nitro benzene ring substituents is 1. The summed E-state index contributed by atoms with van der Waals surface area (Å²) in [5, 5.41) is 17.4. The standard InChI is InChI=1S/C24H21N5O4/c1-28(21(30)14-25)17-9-7-16(8-10-17)26-23(15-5-3-2-4-6-15)22-19-13-18(29(32)33)11-12-20(19)27-24(22)31/h2-13,26H,14,25H2,1H3,(H,27,31). The summed E-state index contributed by atoms with van der Waals surface area (Å²) in [6.45, 7) is -0.0958. The van der Waals surface area contributed by atoms with E-state index in [1.165, 1.54) is 23.1 Å². The highest BCUT2D eigenvalue weighted by atomic mass is 16.6. The summed E-state index contributed by atoms with van der Waals surface area (Å²) in [7, 11) is 1.64. The number of benzene rings is 3. The van der Waals surface area contributed by atoms with E-state index < -0.39 is 4.92 Å². The van der Waals surface area contributed by atoms with Gasteiger partial charge < -0.3 is 21.3 Å². The van der Waals surface area contributed by atoms with Gasteiger partial charge in [-0.3, -0.25) is 19.7 Å². The van der Waals surface area contributed by atoms with Crippen LogP contribution >= 0.6 is 0 Å². The number of rotatable bonds is 6. The SMILES string of the molecule is CN(C(=O)CN)c1ccc(NC(=C2C(=O)Nc3ccc([N+](=O)[O-])cc32)c2ccccc2)cc1. The normalized spacial score (nSPS) is 13.7. The topological polar surface area (TPSA) is 131 Å². The third-order valence-electron chi connectivity index (χ3n) is 5.34. The summed E-state index contributed by atoms with van der Waals surface area (Å²) in [6, 6.07) is 20.6. The monoisotopic (exact) mass is 443 g/mol. The van der Waals surface area contributed by atoms with E-state index in [2.05, 4.69) is 10.6 Å². The van der Waals surface area contributed by atoms with Gasteiger partial charge in [0.25, 0.3) is 11.6 Å². The van der Waals surface area contributed by atoms with Crippen molar-refractivity contribution in [1.29, 1.82) is 0 Å². The molecular formula is C24H21N5O4. The van der Waals surface area contributed by atoms with Gasteiger partial charge in [0.15, 0.2) is 0 Å². The average molecular weight is 443 g/mol. The molecule has 0 aliphatic carbocycles. The van der Waals surface area contributed by atoms with Gasteiger partial charge in [0, 0.05) is 41.8 Å². The number of likely N-dealkylation sites (N-methyl/N-ethyl adjacent to an activating group) is 1. The maximum atomic E-state index is 12.9. The number of hydrogen-bond donors (Lipinski definition) is 3. The lowest BCUT2D eigenvalue weighted by molar-refractivity contribution is -0.384. The zero-order valence-electron chi connectivity index (χ0n) is 17.7. The van der Waals surface area contributed by atoms with Crippen LogP contribution in [-0.4, -0.2) is 30.3 Å². The van der Waals surface area contributed by atoms with E-state index in [4.69, 9.17) is 5.73 Å². The van der Waals surface area contributed by atoms with Gasteiger partial charge in [-0.05, 0) is 35.9 Å². The minimum Gasteiger partial charge on any atom is -0.354 e. The van der Waals surface area contributed by atoms with Gasteiger partial charge in [0.2, 0.25) is 5.91 Å². The van der Waals surface area contributed by atoms with Crippen molar-refractivity contribution in [2.45, 2.75) is 0 Å². The molecule has 0 atom stereocenters. The van der Waals surface area contributed by atoms with Crippen LogP contribution in [0.25, 0.3) is 11.3 Å². The van der Waals surface area contributed by atoms with Crippen molar-refractivity contribution in [2.75, 3.05) is 29.1 Å². The van der Waals surface area contributed by atoms with Crippen LogP contribution in [-0.2, 0) is 9.59 Å². The molecule has 166 valence electrons. The molecule has 3 aromatic carbocycles. The summed E-state index contributed by atoms with van der Waals surface area (Å²) < 4.78 is 0. The number of amides is 2. The van der Waals surface area contributed by atoms with E-state index in [0.29, 0.717) is 33.9 Å². The number of carbonyl (C=O) groups excluding carboxylic acids is 2. The van der Waals surface area contributed by atoms with Gasteiger partial charge in [0.1, 0.15) is 0 Å². The number of nitrogens with two attached hydrogens (primary N) is 1. The van der Waals surface area contributed by atoms with Gasteiger partial charge >= 0.3 is 0 Å². The van der Waals surface area contributed by atoms with E-state index in [9.17, 15) is 19.7 Å². The van der Waals surface area contributed by atoms with Gasteiger partial charge in [-0.15, -0.1) is 0 Å². The lowest BCUT2D eigenvalue weighted by Gasteiger charge is -2.18. The predicted octanol–water partition coefficient (Wildman–Crippen LogP) is 3.45. The van der Waals surface area contributed by atoms with Crippen molar-refractivity contribution in [1.82, 2.24) is 0 Å². The Bertz CT molecular complexity index is 1270. The molecule has 0 saturated carbocycles. The molecule has 0 saturated heterocycles. The van der Waals surface area contributed by atoms with Crippen LogP contribution in [0.2, 0.25) is 0 Å². The van der Waals surface area contributed by atoms with Crippen molar-refractivity contribution < 1.29 is 14.5 Å². The second-order valence-corrected chi connectivity index (χ2v) is 7.39. The largest absolute Gasteiger partial charge is 0.354 e. The third-order valence-corrected chi connectivity index (χ3v) is 5.34. The van der Waals surface area contributed by atoms with Crippen LogP contribution < -0.4 is 21.3 Å². The maximum absolute atomic E-state index is 12.9. The molecule has 0 spiro atoms. The van der Waals surface area contributed by atoms with Crippen LogP contribution in [0.4, 0.5) is 22.7 Å². The molecular weight excluding hydrogens is 422 g/mol. The highest BCUT2D eigenvalue weighted by Crippen LogP contribution is 2.39. The lowest BCUT2D eigenvalue weighted by Crippen LogP contribution is -2.32. The van der Waals surface area contributed by atoms with E-state index in [1.54, 1.807) is 31.3 Å². The highest BCUT2D eigenvalue weighted by molar-refractivity contribution is 6.37. The predicted molar refractivity (Wildman–Crippen MR) is 128 cm³/mol. The first-order valence-electron chi connectivity index (χ1n) is 10.1. The smallest absolute Gasteiger partial charge is 0.270 e. The average Bonchev–Trinajstić information content (AvgIpc) is 3.17. The molecule has 4 N–H and O–H groups in total. The Hall–Kier alpha value is -4.50. The molecule has 1 aliphatic rings. The molecule has 0 radical (unpaired) electrons. The first-order chi connectivity index (χ1) is 15.9. The number of nitro groups is 1. The summed E-state index contributed by atoms with van der Waals surface area (Å²) in [4.78, 5) is 37.1. The number of fused-ring (bicyclic) bond motifs is 1. The van der Waals surface area contributed by atoms with Gasteiger partial charge in [-0.25, -0.2) is 0 Å². The fourth-order valence-corrected chi connectivity index (χ4v) is 3.59. The highest BCUT2D eigenvalue weighted by Gasteiger charge is 2.30. The lowest BCUT2D eigenvalue weighted by atomic mass is 9.99. The molecule has 0 aromatic heterocycles. The van der Waals surface area contributed by atoms with E-state index in [0.717, 1.165) is 5.56 Å². The van der Waals surface area contributed by atoms with E-state index >= 15 is 0 Å². The molecule has 9 heteroatoms. The van der Waals surface area contributed by atoms with Crippen molar-refractivity contribution in [3.63, 3.8) is 0 Å². The Morgan fingerprint density at radius 2 is 1.79 bits per heavy atom. The second kappa shape index (κ2) is 8.93. The van der Waals surface area contributed by atoms with Crippen LogP contribution in [0.3, 0.4) is 0 Å². The van der Waals surface area contributed by atoms with Crippen molar-refractivity contribution in [3.8, 4) is 0 Å². The fourth-order valence-electron chi connectivity index (χ4n) is 3.59. The Labute approximate surface area is 189 Å². The fraction of sp³-hybridized carbons (Fsp3) is 0.0833. The van der Waals surface area contributed by atoms with Crippen molar-refractivity contribution in [3.05, 3.63) is 94.0 Å². The first kappa shape index (κ1) is 21.7. The number of non-ortho nitro benzene ring substituents is 1. The summed E-state index contributed by atoms with van der Waals surface area (Å²) >= 11 is 0. The Morgan fingerprint density at radius 3 is 2.42 bits per heavy atom. The van der Waals surface area contributed by atoms with E-state index in [-0.39, 0.29) is 24.0 Å². The Balaban J connectivity index is 1.79. The molecule has 3 aromatic rings. The minimum absolute atomic E-state index is 0.0958. The second-order valence-electron chi connectivity index (χ2n) is 7.39. The van der Waals surface area contributed by atoms with Gasteiger partial charge in [-0.2, -0.15) is 0 Å². The summed E-state index contributed by atoms with van der Waals surface area (Å²) in [6.07, 6.45) is 0. The Kier molecular flexibility index (Phi) is 5.88. The quantitative estimate of drug-likeness (QED) is 0.304. The van der Waals surface area contributed by atoms with Crippen LogP contribution in [0.5, 0.6) is 0 Å². The molecule has 0 bridgehead atoms. The Morgan fingerprint density at radius 1 is 1.09 bits per heavy atom. The molecule has 1 aliphatic heterocycles. The molecule has 33 heavy (non-hydrogen) atoms. The number of hydrogen-bond acceptors (Lipinski definition) is 6. The molecule has 4 rings (SSSR count). The molecule has 1 heterocycles. The summed E-state index contributed by atoms with van der Waals surface area (Å²) in [5.74, 6) is -0.578. The van der Waals surface area contributed by atoms with Crippen LogP contribution in [0.15, 0.2) is 72.8 Å². The van der Waals surface area contributed by atoms with Gasteiger partial charge in [0.05, 0.1) is 22.7 Å². The molecule has 0 fully saturated rings. The number of anilines is 3. The first-order valence-corrected chi connectivity index (χ1v) is 10.1. The molecule has 0 unspecified atom stereocenters. The summed E-state index contributed by atoms with van der Waals surface area (Å²) in [5.41, 5.74) is 9.18.